The van der Waals surface area contributed by atoms with Crippen molar-refractivity contribution in [3.63, 3.8) is 0 Å². The van der Waals surface area contributed by atoms with Gasteiger partial charge in [0, 0.05) is 6.42 Å². The van der Waals surface area contributed by atoms with Gasteiger partial charge in [0.1, 0.15) is 5.51 Å². The molecule has 1 heterocycles. The number of amides is 1. The van der Waals surface area contributed by atoms with Crippen molar-refractivity contribution in [1.29, 1.82) is 0 Å². The maximum absolute atomic E-state index is 11.9. The van der Waals surface area contributed by atoms with Crippen LogP contribution >= 0.6 is 11.3 Å². The molecule has 0 saturated carbocycles. The number of carbonyl (C=O) groups excluding carboxylic acids is 1. The first-order valence-electron chi connectivity index (χ1n) is 8.17. The molecule has 6 nitrogen and oxygen atoms in total. The van der Waals surface area contributed by atoms with Crippen molar-refractivity contribution in [2.45, 2.75) is 39.5 Å². The summed E-state index contributed by atoms with van der Waals surface area (Å²) in [6.07, 6.45) is 3.10. The molecule has 24 heavy (non-hydrogen) atoms. The van der Waals surface area contributed by atoms with Crippen LogP contribution in [0.15, 0.2) is 23.7 Å². The zero-order chi connectivity index (χ0) is 17.2. The number of nitrogens with zero attached hydrogens (tertiary/aromatic N) is 2. The summed E-state index contributed by atoms with van der Waals surface area (Å²) in [6, 6.07) is 5.84. The first-order valence-corrected chi connectivity index (χ1v) is 9.05. The first kappa shape index (κ1) is 18.2. The third kappa shape index (κ3) is 5.81. The van der Waals surface area contributed by atoms with E-state index in [9.17, 15) is 4.79 Å². The molecule has 0 aliphatic rings. The number of unbranched alkanes of at least 4 members (excludes halogenated alkanes) is 1. The minimum atomic E-state index is -0.0759. The lowest BCUT2D eigenvalue weighted by Gasteiger charge is -2.13. The molecule has 2 aromatic rings. The molecule has 1 amide bonds. The number of anilines is 1. The Hall–Kier alpha value is -2.15. The maximum atomic E-state index is 11.9. The quantitative estimate of drug-likeness (QED) is 0.662. The lowest BCUT2D eigenvalue weighted by atomic mass is 10.1. The molecule has 1 N–H and O–H groups in total. The molecule has 0 saturated heterocycles. The maximum Gasteiger partial charge on any atom is 0.226 e. The van der Waals surface area contributed by atoms with Gasteiger partial charge in [-0.1, -0.05) is 30.7 Å². The standard InChI is InChI=1S/C17H23N3O3S/c1-3-5-10-23-14-8-6-13(11-15(14)22-4-2)7-9-16(21)19-17-20-18-12-24-17/h6,8,11-12H,3-5,7,9-10H2,1-2H3,(H,19,20,21). The second-order valence-corrected chi connectivity index (χ2v) is 6.04. The van der Waals surface area contributed by atoms with Gasteiger partial charge in [-0.3, -0.25) is 4.79 Å². The summed E-state index contributed by atoms with van der Waals surface area (Å²) in [6.45, 7) is 5.33. The molecule has 0 aliphatic heterocycles. The minimum Gasteiger partial charge on any atom is -0.490 e. The second kappa shape index (κ2) is 9.87. The molecule has 130 valence electrons. The van der Waals surface area contributed by atoms with Gasteiger partial charge in [-0.05, 0) is 37.5 Å². The summed E-state index contributed by atoms with van der Waals surface area (Å²) in [5, 5.41) is 10.7. The second-order valence-electron chi connectivity index (χ2n) is 5.21. The Balaban J connectivity index is 1.92. The average molecular weight is 349 g/mol. The number of rotatable bonds is 10. The van der Waals surface area contributed by atoms with Crippen LogP contribution in [0.25, 0.3) is 0 Å². The van der Waals surface area contributed by atoms with Crippen LogP contribution in [0.5, 0.6) is 11.5 Å². The molecule has 1 aromatic carbocycles. The summed E-state index contributed by atoms with van der Waals surface area (Å²) >= 11 is 1.30. The highest BCUT2D eigenvalue weighted by Crippen LogP contribution is 2.29. The van der Waals surface area contributed by atoms with Crippen molar-refractivity contribution in [1.82, 2.24) is 10.2 Å². The fourth-order valence-corrected chi connectivity index (χ4v) is 2.55. The molecule has 0 aliphatic carbocycles. The Morgan fingerprint density at radius 2 is 2.12 bits per heavy atom. The minimum absolute atomic E-state index is 0.0759. The van der Waals surface area contributed by atoms with E-state index in [1.54, 1.807) is 5.51 Å². The van der Waals surface area contributed by atoms with E-state index in [0.29, 0.717) is 31.2 Å². The van der Waals surface area contributed by atoms with Crippen LogP contribution in [0.3, 0.4) is 0 Å². The van der Waals surface area contributed by atoms with E-state index in [-0.39, 0.29) is 5.91 Å². The topological polar surface area (TPSA) is 73.3 Å². The number of ether oxygens (including phenoxy) is 2. The average Bonchev–Trinajstić information content (AvgIpc) is 3.08. The van der Waals surface area contributed by atoms with E-state index in [0.717, 1.165) is 29.9 Å². The normalized spacial score (nSPS) is 10.4. The van der Waals surface area contributed by atoms with Gasteiger partial charge >= 0.3 is 0 Å². The Morgan fingerprint density at radius 1 is 1.25 bits per heavy atom. The number of aromatic nitrogens is 2. The summed E-state index contributed by atoms with van der Waals surface area (Å²) in [7, 11) is 0. The van der Waals surface area contributed by atoms with Gasteiger partial charge in [0.25, 0.3) is 0 Å². The number of benzene rings is 1. The van der Waals surface area contributed by atoms with Gasteiger partial charge in [-0.25, -0.2) is 0 Å². The number of hydrogen-bond acceptors (Lipinski definition) is 6. The third-order valence-electron chi connectivity index (χ3n) is 3.31. The number of nitrogens with one attached hydrogen (secondary N) is 1. The van der Waals surface area contributed by atoms with E-state index < -0.39 is 0 Å². The number of carbonyl (C=O) groups is 1. The van der Waals surface area contributed by atoms with Crippen molar-refractivity contribution in [3.05, 3.63) is 29.3 Å². The van der Waals surface area contributed by atoms with Gasteiger partial charge in [0.2, 0.25) is 11.0 Å². The fraction of sp³-hybridized carbons (Fsp3) is 0.471. The van der Waals surface area contributed by atoms with Crippen molar-refractivity contribution < 1.29 is 14.3 Å². The molecular weight excluding hydrogens is 326 g/mol. The summed E-state index contributed by atoms with van der Waals surface area (Å²) in [5.41, 5.74) is 2.62. The van der Waals surface area contributed by atoms with Crippen LogP contribution in [0.2, 0.25) is 0 Å². The van der Waals surface area contributed by atoms with Gasteiger partial charge in [0.05, 0.1) is 13.2 Å². The van der Waals surface area contributed by atoms with Crippen LogP contribution in [-0.4, -0.2) is 29.3 Å². The lowest BCUT2D eigenvalue weighted by Crippen LogP contribution is -2.12. The van der Waals surface area contributed by atoms with E-state index in [4.69, 9.17) is 9.47 Å². The summed E-state index contributed by atoms with van der Waals surface area (Å²) in [4.78, 5) is 11.9. The van der Waals surface area contributed by atoms with Crippen molar-refractivity contribution >= 4 is 22.4 Å². The van der Waals surface area contributed by atoms with Crippen LogP contribution in [0.4, 0.5) is 5.13 Å². The summed E-state index contributed by atoms with van der Waals surface area (Å²) < 4.78 is 11.4. The molecule has 0 bridgehead atoms. The fourth-order valence-electron chi connectivity index (χ4n) is 2.09. The third-order valence-corrected chi connectivity index (χ3v) is 3.92. The molecule has 0 unspecified atom stereocenters. The molecular formula is C17H23N3O3S. The Kier molecular flexibility index (Phi) is 7.48. The SMILES string of the molecule is CCCCOc1ccc(CCC(=O)Nc2nncs2)cc1OCC. The van der Waals surface area contributed by atoms with E-state index in [1.165, 1.54) is 11.3 Å². The van der Waals surface area contributed by atoms with Gasteiger partial charge in [-0.15, -0.1) is 10.2 Å². The largest absolute Gasteiger partial charge is 0.490 e. The highest BCUT2D eigenvalue weighted by Gasteiger charge is 2.09. The molecule has 7 heteroatoms. The Labute approximate surface area is 146 Å². The molecule has 0 radical (unpaired) electrons. The van der Waals surface area contributed by atoms with Crippen molar-refractivity contribution in [3.8, 4) is 11.5 Å². The number of aryl methyl sites for hydroxylation is 1. The van der Waals surface area contributed by atoms with Gasteiger partial charge < -0.3 is 14.8 Å². The highest BCUT2D eigenvalue weighted by molar-refractivity contribution is 7.13. The molecule has 0 atom stereocenters. The molecule has 2 rings (SSSR count). The van der Waals surface area contributed by atoms with E-state index >= 15 is 0 Å². The van der Waals surface area contributed by atoms with E-state index in [2.05, 4.69) is 22.4 Å². The molecule has 1 aromatic heterocycles. The van der Waals surface area contributed by atoms with Crippen LogP contribution in [-0.2, 0) is 11.2 Å². The van der Waals surface area contributed by atoms with Crippen molar-refractivity contribution in [2.24, 2.45) is 0 Å². The molecule has 0 spiro atoms. The predicted octanol–water partition coefficient (Wildman–Crippen LogP) is 3.69. The van der Waals surface area contributed by atoms with Crippen LogP contribution < -0.4 is 14.8 Å². The first-order chi connectivity index (χ1) is 11.7. The zero-order valence-electron chi connectivity index (χ0n) is 14.1. The smallest absolute Gasteiger partial charge is 0.226 e. The van der Waals surface area contributed by atoms with Gasteiger partial charge in [-0.2, -0.15) is 0 Å². The summed E-state index contributed by atoms with van der Waals surface area (Å²) in [5.74, 6) is 1.41. The molecule has 0 fully saturated rings. The van der Waals surface area contributed by atoms with Crippen molar-refractivity contribution in [2.75, 3.05) is 18.5 Å². The predicted molar refractivity (Wildman–Crippen MR) is 94.9 cm³/mol. The number of hydrogen-bond donors (Lipinski definition) is 1. The monoisotopic (exact) mass is 349 g/mol. The Bertz CT molecular complexity index is 632. The van der Waals surface area contributed by atoms with Crippen LogP contribution in [0.1, 0.15) is 38.7 Å². The lowest BCUT2D eigenvalue weighted by molar-refractivity contribution is -0.116. The zero-order valence-corrected chi connectivity index (χ0v) is 14.9. The van der Waals surface area contributed by atoms with E-state index in [1.807, 2.05) is 25.1 Å². The Morgan fingerprint density at radius 3 is 2.83 bits per heavy atom. The van der Waals surface area contributed by atoms with Crippen LogP contribution in [0, 0.1) is 0 Å². The van der Waals surface area contributed by atoms with Gasteiger partial charge in [0.15, 0.2) is 11.5 Å². The highest BCUT2D eigenvalue weighted by atomic mass is 32.1.